The van der Waals surface area contributed by atoms with Crippen LogP contribution in [0.4, 0.5) is 8.78 Å². The van der Waals surface area contributed by atoms with Gasteiger partial charge in [0.25, 0.3) is 0 Å². The van der Waals surface area contributed by atoms with Crippen LogP contribution in [0.1, 0.15) is 28.0 Å². The fourth-order valence-electron chi connectivity index (χ4n) is 4.89. The molecule has 1 atom stereocenters. The number of carboxylic acid groups (broad SMARTS) is 1. The molecule has 1 amide bonds. The van der Waals surface area contributed by atoms with E-state index in [-0.39, 0.29) is 34.4 Å². The van der Waals surface area contributed by atoms with Crippen molar-refractivity contribution in [1.82, 2.24) is 9.47 Å². The molecule has 196 valence electrons. The first-order valence-corrected chi connectivity index (χ1v) is 13.0. The van der Waals surface area contributed by atoms with Crippen LogP contribution in [0.5, 0.6) is 0 Å². The third kappa shape index (κ3) is 4.55. The van der Waals surface area contributed by atoms with Crippen LogP contribution in [-0.2, 0) is 16.9 Å². The number of aromatic nitrogens is 1. The van der Waals surface area contributed by atoms with Crippen LogP contribution in [0.3, 0.4) is 0 Å². The average Bonchev–Trinajstić information content (AvgIpc) is 3.43. The number of nitrogens with zero attached hydrogens (tertiary/aromatic N) is 2. The lowest BCUT2D eigenvalue weighted by molar-refractivity contribution is -0.131. The van der Waals surface area contributed by atoms with Crippen LogP contribution < -0.4 is 0 Å². The molecule has 0 radical (unpaired) electrons. The number of fused-ring (bicyclic) bond motifs is 1. The highest BCUT2D eigenvalue weighted by atomic mass is 35.5. The summed E-state index contributed by atoms with van der Waals surface area (Å²) in [6, 6.07) is 16.2. The van der Waals surface area contributed by atoms with E-state index in [0.29, 0.717) is 28.9 Å². The van der Waals surface area contributed by atoms with Crippen molar-refractivity contribution in [2.45, 2.75) is 35.3 Å². The van der Waals surface area contributed by atoms with Crippen LogP contribution in [0.2, 0.25) is 5.02 Å². The predicted molar refractivity (Wildman–Crippen MR) is 141 cm³/mol. The zero-order valence-corrected chi connectivity index (χ0v) is 21.8. The van der Waals surface area contributed by atoms with E-state index < -0.39 is 28.8 Å². The third-order valence-corrected chi connectivity index (χ3v) is 8.47. The van der Waals surface area contributed by atoms with Crippen molar-refractivity contribution in [3.05, 3.63) is 94.1 Å². The van der Waals surface area contributed by atoms with Gasteiger partial charge < -0.3 is 19.7 Å². The Bertz CT molecular complexity index is 1580. The summed E-state index contributed by atoms with van der Waals surface area (Å²) >= 11 is 7.04. The monoisotopic (exact) mass is 556 g/mol. The number of aliphatic hydroxyl groups is 1. The zero-order valence-electron chi connectivity index (χ0n) is 20.2. The third-order valence-electron chi connectivity index (χ3n) is 6.93. The standard InChI is InChI=1S/C28H23ClF2N2O4S/c1-16-26(38-21-9-5-8-18(23(21)30)27(35)36)19-10-11-20(29)24(31)25(19)33(16)14-22(34)32-13-12-28(37,15-32)17-6-3-2-4-7-17/h2-11,37H,12-15H2,1H3,(H,35,36). The van der Waals surface area contributed by atoms with E-state index in [1.807, 2.05) is 30.3 Å². The molecule has 0 aliphatic carbocycles. The van der Waals surface area contributed by atoms with E-state index in [1.54, 1.807) is 17.9 Å². The molecule has 4 aromatic rings. The highest BCUT2D eigenvalue weighted by molar-refractivity contribution is 7.99. The number of amides is 1. The fourth-order valence-corrected chi connectivity index (χ4v) is 6.14. The molecule has 1 fully saturated rings. The summed E-state index contributed by atoms with van der Waals surface area (Å²) in [5, 5.41) is 20.7. The Hall–Kier alpha value is -3.40. The van der Waals surface area contributed by atoms with E-state index >= 15 is 4.39 Å². The number of hydrogen-bond acceptors (Lipinski definition) is 4. The van der Waals surface area contributed by atoms with Crippen molar-refractivity contribution < 1.29 is 28.6 Å². The van der Waals surface area contributed by atoms with Crippen molar-refractivity contribution >= 4 is 46.1 Å². The Morgan fingerprint density at radius 3 is 2.50 bits per heavy atom. The summed E-state index contributed by atoms with van der Waals surface area (Å²) in [7, 11) is 0. The smallest absolute Gasteiger partial charge is 0.338 e. The predicted octanol–water partition coefficient (Wildman–Crippen LogP) is 5.85. The highest BCUT2D eigenvalue weighted by Crippen LogP contribution is 2.42. The largest absolute Gasteiger partial charge is 0.478 e. The Labute approximate surface area is 226 Å². The molecule has 0 bridgehead atoms. The Balaban J connectivity index is 1.50. The van der Waals surface area contributed by atoms with Gasteiger partial charge in [-0.25, -0.2) is 13.6 Å². The van der Waals surface area contributed by atoms with Crippen molar-refractivity contribution in [3.8, 4) is 0 Å². The van der Waals surface area contributed by atoms with Gasteiger partial charge in [-0.3, -0.25) is 4.79 Å². The molecule has 1 aliphatic rings. The summed E-state index contributed by atoms with van der Waals surface area (Å²) < 4.78 is 31.8. The van der Waals surface area contributed by atoms with Crippen LogP contribution in [0.25, 0.3) is 10.9 Å². The molecule has 10 heteroatoms. The second-order valence-corrected chi connectivity index (χ2v) is 10.7. The lowest BCUT2D eigenvalue weighted by Gasteiger charge is -2.24. The molecule has 0 saturated carbocycles. The van der Waals surface area contributed by atoms with Crippen molar-refractivity contribution in [2.75, 3.05) is 13.1 Å². The summed E-state index contributed by atoms with van der Waals surface area (Å²) in [5.74, 6) is -3.32. The van der Waals surface area contributed by atoms with E-state index in [2.05, 4.69) is 0 Å². The summed E-state index contributed by atoms with van der Waals surface area (Å²) in [6.07, 6.45) is 0.370. The Kier molecular flexibility index (Phi) is 6.94. The summed E-state index contributed by atoms with van der Waals surface area (Å²) in [4.78, 5) is 26.9. The molecule has 2 N–H and O–H groups in total. The molecule has 1 unspecified atom stereocenters. The van der Waals surface area contributed by atoms with Crippen LogP contribution in [0.15, 0.2) is 70.5 Å². The van der Waals surface area contributed by atoms with Crippen molar-refractivity contribution in [2.24, 2.45) is 0 Å². The minimum Gasteiger partial charge on any atom is -0.478 e. The first-order valence-electron chi connectivity index (χ1n) is 11.8. The van der Waals surface area contributed by atoms with E-state index in [4.69, 9.17) is 11.6 Å². The molecule has 1 aliphatic heterocycles. The first kappa shape index (κ1) is 26.2. The zero-order chi connectivity index (χ0) is 27.2. The number of benzene rings is 3. The van der Waals surface area contributed by atoms with Gasteiger partial charge in [-0.15, -0.1) is 0 Å². The number of carbonyl (C=O) groups excluding carboxylic acids is 1. The van der Waals surface area contributed by atoms with Gasteiger partial charge in [0.2, 0.25) is 5.91 Å². The van der Waals surface area contributed by atoms with Gasteiger partial charge in [0.1, 0.15) is 12.1 Å². The molecular formula is C28H23ClF2N2O4S. The van der Waals surface area contributed by atoms with Gasteiger partial charge in [-0.05, 0) is 43.2 Å². The van der Waals surface area contributed by atoms with Gasteiger partial charge >= 0.3 is 5.97 Å². The van der Waals surface area contributed by atoms with Gasteiger partial charge in [0, 0.05) is 27.4 Å². The normalized spacial score (nSPS) is 17.3. The molecule has 1 aromatic heterocycles. The van der Waals surface area contributed by atoms with Crippen LogP contribution in [-0.4, -0.2) is 44.6 Å². The molecule has 0 spiro atoms. The maximum Gasteiger partial charge on any atom is 0.338 e. The molecule has 6 nitrogen and oxygen atoms in total. The van der Waals surface area contributed by atoms with Gasteiger partial charge in [-0.1, -0.05) is 59.8 Å². The molecule has 1 saturated heterocycles. The topological polar surface area (TPSA) is 82.8 Å². The molecule has 5 rings (SSSR count). The van der Waals surface area contributed by atoms with E-state index in [1.165, 1.54) is 28.8 Å². The average molecular weight is 557 g/mol. The number of halogens is 3. The van der Waals surface area contributed by atoms with Gasteiger partial charge in [0.15, 0.2) is 11.6 Å². The first-order chi connectivity index (χ1) is 18.1. The quantitative estimate of drug-likeness (QED) is 0.311. The summed E-state index contributed by atoms with van der Waals surface area (Å²) in [6.45, 7) is 1.90. The van der Waals surface area contributed by atoms with Gasteiger partial charge in [-0.2, -0.15) is 0 Å². The van der Waals surface area contributed by atoms with Crippen molar-refractivity contribution in [3.63, 3.8) is 0 Å². The Morgan fingerprint density at radius 1 is 1.05 bits per heavy atom. The Morgan fingerprint density at radius 2 is 1.79 bits per heavy atom. The highest BCUT2D eigenvalue weighted by Gasteiger charge is 2.39. The van der Waals surface area contributed by atoms with E-state index in [9.17, 15) is 24.2 Å². The maximum atomic E-state index is 15.3. The number of rotatable bonds is 6. The number of aromatic carboxylic acids is 1. The molecule has 3 aromatic carbocycles. The number of carboxylic acids is 1. The summed E-state index contributed by atoms with van der Waals surface area (Å²) in [5.41, 5.74) is -0.330. The maximum absolute atomic E-state index is 15.3. The van der Waals surface area contributed by atoms with Crippen LogP contribution in [0, 0.1) is 18.6 Å². The fraction of sp³-hybridized carbons (Fsp3) is 0.214. The lowest BCUT2D eigenvalue weighted by atomic mass is 9.93. The molecule has 38 heavy (non-hydrogen) atoms. The molecular weight excluding hydrogens is 534 g/mol. The minimum atomic E-state index is -1.39. The second-order valence-electron chi connectivity index (χ2n) is 9.25. The number of carbonyl (C=O) groups is 2. The molecule has 2 heterocycles. The van der Waals surface area contributed by atoms with Crippen LogP contribution >= 0.6 is 23.4 Å². The van der Waals surface area contributed by atoms with E-state index in [0.717, 1.165) is 17.3 Å². The number of β-amino-alcohol motifs (C(OH)–C–C–N with tert-alkyl or cyclic N) is 1. The lowest BCUT2D eigenvalue weighted by Crippen LogP contribution is -2.36. The van der Waals surface area contributed by atoms with Crippen molar-refractivity contribution in [1.29, 1.82) is 0 Å². The minimum absolute atomic E-state index is 0.0567. The number of likely N-dealkylation sites (tertiary alicyclic amines) is 1. The SMILES string of the molecule is Cc1c(Sc2cccc(C(=O)O)c2F)c2ccc(Cl)c(F)c2n1CC(=O)N1CCC(O)(c2ccccc2)C1. The van der Waals surface area contributed by atoms with Gasteiger partial charge in [0.05, 0.1) is 22.6 Å². The second kappa shape index (κ2) is 10.1. The number of hydrogen-bond donors (Lipinski definition) is 2.